The molecule has 132 valence electrons. The van der Waals surface area contributed by atoms with Crippen molar-refractivity contribution in [2.75, 3.05) is 6.61 Å². The highest BCUT2D eigenvalue weighted by Crippen LogP contribution is 2.24. The third-order valence-corrected chi connectivity index (χ3v) is 3.40. The van der Waals surface area contributed by atoms with Gasteiger partial charge in [-0.25, -0.2) is 14.5 Å². The highest BCUT2D eigenvalue weighted by molar-refractivity contribution is 5.89. The van der Waals surface area contributed by atoms with Crippen molar-refractivity contribution < 1.29 is 14.3 Å². The monoisotopic (exact) mass is 350 g/mol. The molecule has 7 nitrogen and oxygen atoms in total. The molecule has 7 heteroatoms. The van der Waals surface area contributed by atoms with E-state index in [0.29, 0.717) is 22.8 Å². The van der Waals surface area contributed by atoms with Gasteiger partial charge in [0, 0.05) is 18.0 Å². The van der Waals surface area contributed by atoms with Crippen LogP contribution >= 0.6 is 0 Å². The smallest absolute Gasteiger partial charge is 0.358 e. The standard InChI is InChI=1S/C19H18N4O3/c1-4-25-18(24)16-12-17(23(22-16)13(2)3)15-10-11-20-19(21-15)26-14-8-6-5-7-9-14/h5-12H,2,4H2,1,3H3. The average molecular weight is 350 g/mol. The number of aromatic nitrogens is 4. The molecular weight excluding hydrogens is 332 g/mol. The summed E-state index contributed by atoms with van der Waals surface area (Å²) >= 11 is 0. The first-order valence-corrected chi connectivity index (χ1v) is 8.08. The largest absolute Gasteiger partial charge is 0.461 e. The number of hydrogen-bond donors (Lipinski definition) is 0. The molecule has 3 rings (SSSR count). The third-order valence-electron chi connectivity index (χ3n) is 3.40. The lowest BCUT2D eigenvalue weighted by atomic mass is 10.2. The van der Waals surface area contributed by atoms with E-state index < -0.39 is 5.97 Å². The summed E-state index contributed by atoms with van der Waals surface area (Å²) in [6, 6.07) is 12.8. The Labute approximate surface area is 150 Å². The summed E-state index contributed by atoms with van der Waals surface area (Å²) in [4.78, 5) is 20.5. The Morgan fingerprint density at radius 3 is 2.69 bits per heavy atom. The van der Waals surface area contributed by atoms with Gasteiger partial charge < -0.3 is 9.47 Å². The molecule has 0 aliphatic carbocycles. The van der Waals surface area contributed by atoms with Crippen LogP contribution in [0.3, 0.4) is 0 Å². The van der Waals surface area contributed by atoms with Crippen LogP contribution in [0.25, 0.3) is 17.1 Å². The summed E-state index contributed by atoms with van der Waals surface area (Å²) in [5, 5.41) is 4.26. The zero-order chi connectivity index (χ0) is 18.5. The predicted molar refractivity (Wildman–Crippen MR) is 96.7 cm³/mol. The van der Waals surface area contributed by atoms with Crippen LogP contribution in [-0.4, -0.2) is 32.3 Å². The molecule has 0 saturated heterocycles. The van der Waals surface area contributed by atoms with Gasteiger partial charge in [0.25, 0.3) is 0 Å². The lowest BCUT2D eigenvalue weighted by Crippen LogP contribution is -2.06. The fraction of sp³-hybridized carbons (Fsp3) is 0.158. The van der Waals surface area contributed by atoms with Crippen molar-refractivity contribution in [3.63, 3.8) is 0 Å². The van der Waals surface area contributed by atoms with Gasteiger partial charge in [-0.3, -0.25) is 0 Å². The molecule has 3 aromatic rings. The van der Waals surface area contributed by atoms with Crippen molar-refractivity contribution in [3.05, 3.63) is 60.9 Å². The lowest BCUT2D eigenvalue weighted by Gasteiger charge is -2.07. The Morgan fingerprint density at radius 2 is 2.00 bits per heavy atom. The zero-order valence-electron chi connectivity index (χ0n) is 14.5. The number of para-hydroxylation sites is 1. The first kappa shape index (κ1) is 17.3. The molecule has 0 spiro atoms. The molecule has 2 aromatic heterocycles. The number of allylic oxidation sites excluding steroid dienone is 1. The second kappa shape index (κ2) is 7.60. The number of rotatable bonds is 6. The maximum atomic E-state index is 12.0. The van der Waals surface area contributed by atoms with Crippen molar-refractivity contribution in [3.8, 4) is 23.1 Å². The molecular formula is C19H18N4O3. The second-order valence-electron chi connectivity index (χ2n) is 5.42. The summed E-state index contributed by atoms with van der Waals surface area (Å²) in [7, 11) is 0. The van der Waals surface area contributed by atoms with Crippen LogP contribution in [-0.2, 0) is 4.74 Å². The molecule has 0 atom stereocenters. The predicted octanol–water partition coefficient (Wildman–Crippen LogP) is 3.80. The van der Waals surface area contributed by atoms with Gasteiger partial charge in [0.2, 0.25) is 0 Å². The highest BCUT2D eigenvalue weighted by Gasteiger charge is 2.18. The van der Waals surface area contributed by atoms with Gasteiger partial charge >= 0.3 is 12.0 Å². The van der Waals surface area contributed by atoms with E-state index in [1.54, 1.807) is 36.9 Å². The van der Waals surface area contributed by atoms with E-state index in [9.17, 15) is 4.79 Å². The number of nitrogens with zero attached hydrogens (tertiary/aromatic N) is 4. The third kappa shape index (κ3) is 3.77. The van der Waals surface area contributed by atoms with Gasteiger partial charge in [-0.1, -0.05) is 24.8 Å². The van der Waals surface area contributed by atoms with Crippen LogP contribution in [0, 0.1) is 0 Å². The summed E-state index contributed by atoms with van der Waals surface area (Å²) in [5.74, 6) is 0.133. The van der Waals surface area contributed by atoms with E-state index in [-0.39, 0.29) is 18.3 Å². The zero-order valence-corrected chi connectivity index (χ0v) is 14.5. The second-order valence-corrected chi connectivity index (χ2v) is 5.42. The minimum Gasteiger partial charge on any atom is -0.461 e. The van der Waals surface area contributed by atoms with Crippen molar-refractivity contribution in [1.82, 2.24) is 19.7 Å². The Bertz CT molecular complexity index is 935. The Balaban J connectivity index is 1.96. The van der Waals surface area contributed by atoms with Gasteiger partial charge in [0.05, 0.1) is 18.0 Å². The van der Waals surface area contributed by atoms with Crippen LogP contribution in [0.5, 0.6) is 11.8 Å². The fourth-order valence-corrected chi connectivity index (χ4v) is 2.29. The number of carbonyl (C=O) groups excluding carboxylic acids is 1. The van der Waals surface area contributed by atoms with E-state index in [4.69, 9.17) is 9.47 Å². The quantitative estimate of drug-likeness (QED) is 0.629. The summed E-state index contributed by atoms with van der Waals surface area (Å²) < 4.78 is 12.2. The van der Waals surface area contributed by atoms with Crippen molar-refractivity contribution in [2.45, 2.75) is 13.8 Å². The van der Waals surface area contributed by atoms with Crippen molar-refractivity contribution in [1.29, 1.82) is 0 Å². The van der Waals surface area contributed by atoms with Gasteiger partial charge in [0.1, 0.15) is 5.75 Å². The lowest BCUT2D eigenvalue weighted by molar-refractivity contribution is 0.0519. The van der Waals surface area contributed by atoms with E-state index in [1.807, 2.05) is 30.3 Å². The van der Waals surface area contributed by atoms with Gasteiger partial charge in [-0.05, 0) is 32.0 Å². The minimum absolute atomic E-state index is 0.189. The van der Waals surface area contributed by atoms with E-state index in [2.05, 4.69) is 21.6 Å². The highest BCUT2D eigenvalue weighted by atomic mass is 16.5. The van der Waals surface area contributed by atoms with Crippen LogP contribution in [0.2, 0.25) is 0 Å². The van der Waals surface area contributed by atoms with Crippen LogP contribution in [0.4, 0.5) is 0 Å². The number of ether oxygens (including phenoxy) is 2. The maximum absolute atomic E-state index is 12.0. The molecule has 1 aromatic carbocycles. The molecule has 0 aliphatic rings. The molecule has 2 heterocycles. The molecule has 0 fully saturated rings. The van der Waals surface area contributed by atoms with Crippen LogP contribution in [0.15, 0.2) is 55.2 Å². The van der Waals surface area contributed by atoms with Gasteiger partial charge in [0.15, 0.2) is 5.69 Å². The van der Waals surface area contributed by atoms with Crippen LogP contribution < -0.4 is 4.74 Å². The molecule has 0 bridgehead atoms. The molecule has 26 heavy (non-hydrogen) atoms. The van der Waals surface area contributed by atoms with Crippen molar-refractivity contribution >= 4 is 11.7 Å². The first-order valence-electron chi connectivity index (χ1n) is 8.08. The Morgan fingerprint density at radius 1 is 1.23 bits per heavy atom. The van der Waals surface area contributed by atoms with Gasteiger partial charge in [-0.15, -0.1) is 0 Å². The molecule has 0 saturated carbocycles. The topological polar surface area (TPSA) is 79.1 Å². The van der Waals surface area contributed by atoms with Crippen LogP contribution in [0.1, 0.15) is 24.3 Å². The maximum Gasteiger partial charge on any atom is 0.358 e. The first-order chi connectivity index (χ1) is 12.6. The SMILES string of the molecule is C=C(C)n1nc(C(=O)OCC)cc1-c1ccnc(Oc2ccccc2)n1. The summed E-state index contributed by atoms with van der Waals surface area (Å²) in [5.41, 5.74) is 1.98. The molecule has 0 unspecified atom stereocenters. The number of esters is 1. The average Bonchev–Trinajstić information content (AvgIpc) is 3.09. The van der Waals surface area contributed by atoms with E-state index >= 15 is 0 Å². The number of carbonyl (C=O) groups is 1. The normalized spacial score (nSPS) is 10.4. The fourth-order valence-electron chi connectivity index (χ4n) is 2.29. The molecule has 0 aliphatic heterocycles. The minimum atomic E-state index is -0.497. The molecule has 0 N–H and O–H groups in total. The van der Waals surface area contributed by atoms with Gasteiger partial charge in [-0.2, -0.15) is 10.1 Å². The molecule has 0 amide bonds. The Hall–Kier alpha value is -3.48. The Kier molecular flexibility index (Phi) is 5.07. The van der Waals surface area contributed by atoms with Crippen molar-refractivity contribution in [2.24, 2.45) is 0 Å². The summed E-state index contributed by atoms with van der Waals surface area (Å²) in [6.07, 6.45) is 1.58. The number of hydrogen-bond acceptors (Lipinski definition) is 6. The molecule has 0 radical (unpaired) electrons. The number of benzene rings is 1. The van der Waals surface area contributed by atoms with E-state index in [0.717, 1.165) is 0 Å². The van der Waals surface area contributed by atoms with E-state index in [1.165, 1.54) is 0 Å². The summed E-state index contributed by atoms with van der Waals surface area (Å²) in [6.45, 7) is 7.70.